The van der Waals surface area contributed by atoms with Gasteiger partial charge in [-0.3, -0.25) is 9.59 Å². The molecule has 1 amide bonds. The molecule has 3 aromatic rings. The summed E-state index contributed by atoms with van der Waals surface area (Å²) in [5.41, 5.74) is 0.299. The number of halogens is 1. The van der Waals surface area contributed by atoms with Crippen molar-refractivity contribution < 1.29 is 14.3 Å². The van der Waals surface area contributed by atoms with E-state index in [1.54, 1.807) is 48.5 Å². The molecule has 3 rings (SSSR count). The fourth-order valence-corrected chi connectivity index (χ4v) is 3.10. The summed E-state index contributed by atoms with van der Waals surface area (Å²) in [5, 5.41) is 8.18. The highest BCUT2D eigenvalue weighted by Crippen LogP contribution is 2.15. The van der Waals surface area contributed by atoms with E-state index in [0.29, 0.717) is 28.0 Å². The summed E-state index contributed by atoms with van der Waals surface area (Å²) < 4.78 is 6.45. The fraction of sp³-hybridized carbons (Fsp3) is 0.273. The van der Waals surface area contributed by atoms with E-state index in [9.17, 15) is 14.4 Å². The summed E-state index contributed by atoms with van der Waals surface area (Å²) >= 11 is 5.82. The van der Waals surface area contributed by atoms with Gasteiger partial charge < -0.3 is 10.1 Å². The number of hydrogen-bond donors (Lipinski definition) is 1. The van der Waals surface area contributed by atoms with Crippen LogP contribution in [0.3, 0.4) is 0 Å². The van der Waals surface area contributed by atoms with Gasteiger partial charge >= 0.3 is 5.97 Å². The van der Waals surface area contributed by atoms with E-state index in [4.69, 9.17) is 16.3 Å². The molecule has 0 radical (unpaired) electrons. The van der Waals surface area contributed by atoms with Crippen LogP contribution >= 0.6 is 11.6 Å². The van der Waals surface area contributed by atoms with Gasteiger partial charge in [-0.2, -0.15) is 5.10 Å². The molecular weight excluding hydrogens is 406 g/mol. The zero-order chi connectivity index (χ0) is 21.5. The Bertz CT molecular complexity index is 1110. The zero-order valence-electron chi connectivity index (χ0n) is 16.6. The fourth-order valence-electron chi connectivity index (χ4n) is 2.98. The molecule has 30 heavy (non-hydrogen) atoms. The van der Waals surface area contributed by atoms with Crippen LogP contribution in [0.4, 0.5) is 5.69 Å². The Morgan fingerprint density at radius 2 is 1.77 bits per heavy atom. The first-order chi connectivity index (χ1) is 14.5. The molecule has 0 aliphatic carbocycles. The maximum Gasteiger partial charge on any atom is 0.359 e. The first kappa shape index (κ1) is 21.5. The molecule has 1 heterocycles. The summed E-state index contributed by atoms with van der Waals surface area (Å²) in [7, 11) is 0. The predicted molar refractivity (Wildman–Crippen MR) is 116 cm³/mol. The van der Waals surface area contributed by atoms with Gasteiger partial charge in [-0.15, -0.1) is 0 Å². The molecule has 0 bridgehead atoms. The number of esters is 1. The molecule has 7 nitrogen and oxygen atoms in total. The van der Waals surface area contributed by atoms with E-state index in [-0.39, 0.29) is 11.3 Å². The Labute approximate surface area is 178 Å². The lowest BCUT2D eigenvalue weighted by atomic mass is 10.1. The Balaban J connectivity index is 1.76. The monoisotopic (exact) mass is 427 g/mol. The summed E-state index contributed by atoms with van der Waals surface area (Å²) in [4.78, 5) is 37.4. The molecule has 0 saturated heterocycles. The van der Waals surface area contributed by atoms with Crippen molar-refractivity contribution in [3.05, 3.63) is 69.6 Å². The van der Waals surface area contributed by atoms with Crippen LogP contribution in [0, 0.1) is 0 Å². The number of aryl methyl sites for hydroxylation is 1. The maximum absolute atomic E-state index is 12.7. The van der Waals surface area contributed by atoms with E-state index in [0.717, 1.165) is 19.3 Å². The number of aromatic nitrogens is 2. The Morgan fingerprint density at radius 3 is 2.47 bits per heavy atom. The highest BCUT2D eigenvalue weighted by molar-refractivity contribution is 6.30. The van der Waals surface area contributed by atoms with E-state index in [1.165, 1.54) is 4.68 Å². The lowest BCUT2D eigenvalue weighted by Crippen LogP contribution is -2.28. The number of carbonyl (C=O) groups is 2. The van der Waals surface area contributed by atoms with Gasteiger partial charge in [-0.1, -0.05) is 49.6 Å². The predicted octanol–water partition coefficient (Wildman–Crippen LogP) is 4.04. The normalized spacial score (nSPS) is 10.7. The highest BCUT2D eigenvalue weighted by Gasteiger charge is 2.19. The lowest BCUT2D eigenvalue weighted by Gasteiger charge is -2.11. The molecular formula is C22H22ClN3O4. The topological polar surface area (TPSA) is 90.3 Å². The third kappa shape index (κ3) is 5.24. The van der Waals surface area contributed by atoms with Crippen LogP contribution in [0.2, 0.25) is 5.02 Å². The largest absolute Gasteiger partial charge is 0.451 e. The molecule has 1 N–H and O–H groups in total. The number of amides is 1. The van der Waals surface area contributed by atoms with E-state index in [1.807, 2.05) is 0 Å². The van der Waals surface area contributed by atoms with Gasteiger partial charge in [-0.05, 0) is 36.8 Å². The van der Waals surface area contributed by atoms with Crippen LogP contribution in [-0.2, 0) is 16.1 Å². The first-order valence-corrected chi connectivity index (χ1v) is 10.1. The van der Waals surface area contributed by atoms with Crippen LogP contribution in [0.25, 0.3) is 10.8 Å². The molecule has 0 atom stereocenters. The van der Waals surface area contributed by atoms with E-state index >= 15 is 0 Å². The van der Waals surface area contributed by atoms with Crippen LogP contribution in [0.1, 0.15) is 36.7 Å². The number of carbonyl (C=O) groups excluding carboxylic acids is 2. The molecule has 0 aliphatic heterocycles. The van der Waals surface area contributed by atoms with Crippen LogP contribution < -0.4 is 10.9 Å². The van der Waals surface area contributed by atoms with Crippen molar-refractivity contribution in [2.45, 2.75) is 32.7 Å². The average Bonchev–Trinajstić information content (AvgIpc) is 2.75. The second-order valence-electron chi connectivity index (χ2n) is 6.76. The molecule has 2 aromatic carbocycles. The van der Waals surface area contributed by atoms with Crippen LogP contribution in [-0.4, -0.2) is 28.3 Å². The molecule has 0 saturated carbocycles. The van der Waals surface area contributed by atoms with Gasteiger partial charge in [0.1, 0.15) is 0 Å². The number of anilines is 1. The second-order valence-corrected chi connectivity index (χ2v) is 7.20. The molecule has 8 heteroatoms. The number of hydrogen-bond acceptors (Lipinski definition) is 5. The van der Waals surface area contributed by atoms with Crippen LogP contribution in [0.5, 0.6) is 0 Å². The Morgan fingerprint density at radius 1 is 1.07 bits per heavy atom. The summed E-state index contributed by atoms with van der Waals surface area (Å²) in [5.74, 6) is -1.26. The number of ether oxygens (including phenoxy) is 1. The third-order valence-corrected chi connectivity index (χ3v) is 4.75. The minimum atomic E-state index is -0.762. The SMILES string of the molecule is CCCCCn1nc(C(=O)OCC(=O)Nc2ccc(Cl)cc2)c2ccccc2c1=O. The standard InChI is InChI=1S/C22H22ClN3O4/c1-2-3-6-13-26-21(28)18-8-5-4-7-17(18)20(25-26)22(29)30-14-19(27)24-16-11-9-15(23)10-12-16/h4-5,7-12H,2-3,6,13-14H2,1H3,(H,24,27). The van der Waals surface area contributed by atoms with Gasteiger partial charge in [0.25, 0.3) is 11.5 Å². The van der Waals surface area contributed by atoms with Gasteiger partial charge in [0.2, 0.25) is 0 Å². The number of fused-ring (bicyclic) bond motifs is 1. The number of benzene rings is 2. The summed E-state index contributed by atoms with van der Waals surface area (Å²) in [6.45, 7) is 2.00. The van der Waals surface area contributed by atoms with Gasteiger partial charge in [0, 0.05) is 22.6 Å². The van der Waals surface area contributed by atoms with Crippen molar-refractivity contribution in [2.75, 3.05) is 11.9 Å². The summed E-state index contributed by atoms with van der Waals surface area (Å²) in [6, 6.07) is 13.3. The number of nitrogens with one attached hydrogen (secondary N) is 1. The van der Waals surface area contributed by atoms with Crippen molar-refractivity contribution in [1.29, 1.82) is 0 Å². The highest BCUT2D eigenvalue weighted by atomic mass is 35.5. The number of nitrogens with zero attached hydrogens (tertiary/aromatic N) is 2. The molecule has 0 fully saturated rings. The van der Waals surface area contributed by atoms with Gasteiger partial charge in [-0.25, -0.2) is 9.48 Å². The first-order valence-electron chi connectivity index (χ1n) is 9.72. The van der Waals surface area contributed by atoms with Crippen molar-refractivity contribution in [1.82, 2.24) is 9.78 Å². The molecule has 0 unspecified atom stereocenters. The van der Waals surface area contributed by atoms with E-state index in [2.05, 4.69) is 17.3 Å². The minimum Gasteiger partial charge on any atom is -0.451 e. The third-order valence-electron chi connectivity index (χ3n) is 4.50. The number of unbranched alkanes of at least 4 members (excludes halogenated alkanes) is 2. The quantitative estimate of drug-likeness (QED) is 0.433. The van der Waals surface area contributed by atoms with E-state index < -0.39 is 18.5 Å². The van der Waals surface area contributed by atoms with Crippen LogP contribution in [0.15, 0.2) is 53.3 Å². The van der Waals surface area contributed by atoms with Crippen molar-refractivity contribution in [3.8, 4) is 0 Å². The molecule has 156 valence electrons. The average molecular weight is 428 g/mol. The molecule has 0 aliphatic rings. The lowest BCUT2D eigenvalue weighted by molar-refractivity contribution is -0.119. The minimum absolute atomic E-state index is 0.0148. The van der Waals surface area contributed by atoms with Crippen molar-refractivity contribution >= 4 is 39.9 Å². The van der Waals surface area contributed by atoms with Gasteiger partial charge in [0.05, 0.1) is 5.39 Å². The number of rotatable bonds is 8. The smallest absolute Gasteiger partial charge is 0.359 e. The Hall–Kier alpha value is -3.19. The Kier molecular flexibility index (Phi) is 7.19. The summed E-state index contributed by atoms with van der Waals surface area (Å²) in [6.07, 6.45) is 2.73. The van der Waals surface area contributed by atoms with Crippen molar-refractivity contribution in [3.63, 3.8) is 0 Å². The van der Waals surface area contributed by atoms with Crippen molar-refractivity contribution in [2.24, 2.45) is 0 Å². The molecule has 0 spiro atoms. The maximum atomic E-state index is 12.7. The second kappa shape index (κ2) is 10.0. The molecule has 1 aromatic heterocycles. The van der Waals surface area contributed by atoms with Gasteiger partial charge in [0.15, 0.2) is 12.3 Å². The zero-order valence-corrected chi connectivity index (χ0v) is 17.3.